The molecule has 0 saturated heterocycles. The molecule has 0 aromatic heterocycles. The van der Waals surface area contributed by atoms with Crippen molar-refractivity contribution in [3.8, 4) is 11.5 Å². The number of benzene rings is 2. The van der Waals surface area contributed by atoms with Gasteiger partial charge in [0.15, 0.2) is 0 Å². The average Bonchev–Trinajstić information content (AvgIpc) is 2.65. The maximum atomic E-state index is 11.6. The predicted molar refractivity (Wildman–Crippen MR) is 85.7 cm³/mol. The smallest absolute Gasteiger partial charge is 0.245 e. The minimum absolute atomic E-state index is 0.194. The monoisotopic (exact) mass is 346 g/mol. The van der Waals surface area contributed by atoms with Crippen LogP contribution in [0.1, 0.15) is 22.7 Å². The van der Waals surface area contributed by atoms with Gasteiger partial charge in [0.1, 0.15) is 17.5 Å². The molecular weight excluding hydrogens is 332 g/mol. The van der Waals surface area contributed by atoms with Crippen LogP contribution in [0.3, 0.4) is 0 Å². The van der Waals surface area contributed by atoms with Crippen LogP contribution in [0.15, 0.2) is 34.8 Å². The zero-order valence-corrected chi connectivity index (χ0v) is 13.3. The molecule has 5 heteroatoms. The van der Waals surface area contributed by atoms with Crippen molar-refractivity contribution >= 4 is 27.5 Å². The number of amides is 1. The Morgan fingerprint density at radius 2 is 1.81 bits per heavy atom. The SMILES string of the molecule is Cc1cc(C)cc(Oc2cc3c(cc2Br)C(N)C(=O)N3)c1. The van der Waals surface area contributed by atoms with E-state index in [-0.39, 0.29) is 5.91 Å². The third-order valence-corrected chi connectivity index (χ3v) is 4.02. The largest absolute Gasteiger partial charge is 0.456 e. The van der Waals surface area contributed by atoms with Gasteiger partial charge in [0.05, 0.1) is 4.47 Å². The number of ether oxygens (including phenoxy) is 1. The van der Waals surface area contributed by atoms with Gasteiger partial charge in [-0.3, -0.25) is 4.79 Å². The first kappa shape index (κ1) is 14.1. The molecule has 0 aliphatic carbocycles. The Morgan fingerprint density at radius 1 is 1.14 bits per heavy atom. The Hall–Kier alpha value is -1.85. The van der Waals surface area contributed by atoms with Crippen LogP contribution >= 0.6 is 15.9 Å². The molecule has 3 rings (SSSR count). The standard InChI is InChI=1S/C16H15BrN2O2/c1-8-3-9(2)5-10(4-8)21-14-7-13-11(6-12(14)17)15(18)16(20)19-13/h3-7,15H,18H2,1-2H3,(H,19,20). The summed E-state index contributed by atoms with van der Waals surface area (Å²) in [5.41, 5.74) is 9.58. The lowest BCUT2D eigenvalue weighted by molar-refractivity contribution is -0.116. The number of fused-ring (bicyclic) bond motifs is 1. The Balaban J connectivity index is 1.97. The molecule has 1 aliphatic heterocycles. The van der Waals surface area contributed by atoms with Crippen LogP contribution in [-0.4, -0.2) is 5.91 Å². The number of anilines is 1. The van der Waals surface area contributed by atoms with E-state index in [1.807, 2.05) is 32.0 Å². The van der Waals surface area contributed by atoms with E-state index < -0.39 is 6.04 Å². The van der Waals surface area contributed by atoms with Crippen LogP contribution in [0, 0.1) is 13.8 Å². The normalized spacial score (nSPS) is 16.6. The minimum atomic E-state index is -0.619. The maximum absolute atomic E-state index is 11.6. The van der Waals surface area contributed by atoms with E-state index >= 15 is 0 Å². The Bertz CT molecular complexity index is 723. The lowest BCUT2D eigenvalue weighted by atomic mass is 10.1. The summed E-state index contributed by atoms with van der Waals surface area (Å²) in [7, 11) is 0. The van der Waals surface area contributed by atoms with E-state index in [0.717, 1.165) is 26.9 Å². The molecule has 3 N–H and O–H groups in total. The zero-order chi connectivity index (χ0) is 15.1. The van der Waals surface area contributed by atoms with Crippen molar-refractivity contribution < 1.29 is 9.53 Å². The van der Waals surface area contributed by atoms with Crippen LogP contribution in [0.4, 0.5) is 5.69 Å². The van der Waals surface area contributed by atoms with Gasteiger partial charge in [-0.1, -0.05) is 6.07 Å². The molecule has 2 aromatic rings. The molecule has 1 aliphatic rings. The summed E-state index contributed by atoms with van der Waals surface area (Å²) in [5, 5.41) is 2.76. The van der Waals surface area contributed by atoms with Gasteiger partial charge in [-0.25, -0.2) is 0 Å². The molecule has 21 heavy (non-hydrogen) atoms. The summed E-state index contributed by atoms with van der Waals surface area (Å²) < 4.78 is 6.70. The van der Waals surface area contributed by atoms with Crippen molar-refractivity contribution in [2.75, 3.05) is 5.32 Å². The van der Waals surface area contributed by atoms with E-state index in [9.17, 15) is 4.79 Å². The van der Waals surface area contributed by atoms with E-state index in [2.05, 4.69) is 27.3 Å². The first-order chi connectivity index (χ1) is 9.94. The van der Waals surface area contributed by atoms with Crippen molar-refractivity contribution in [3.63, 3.8) is 0 Å². The lowest BCUT2D eigenvalue weighted by Gasteiger charge is -2.11. The molecule has 108 valence electrons. The molecule has 1 amide bonds. The van der Waals surface area contributed by atoms with Crippen molar-refractivity contribution in [1.29, 1.82) is 0 Å². The molecule has 0 saturated carbocycles. The summed E-state index contributed by atoms with van der Waals surface area (Å²) in [6, 6.07) is 9.03. The summed E-state index contributed by atoms with van der Waals surface area (Å²) >= 11 is 3.47. The molecular formula is C16H15BrN2O2. The number of halogens is 1. The van der Waals surface area contributed by atoms with Crippen LogP contribution in [0.2, 0.25) is 0 Å². The highest BCUT2D eigenvalue weighted by Gasteiger charge is 2.28. The third kappa shape index (κ3) is 2.66. The van der Waals surface area contributed by atoms with Gasteiger partial charge in [-0.15, -0.1) is 0 Å². The molecule has 2 aromatic carbocycles. The fourth-order valence-corrected chi connectivity index (χ4v) is 2.93. The Kier molecular flexibility index (Phi) is 3.47. The van der Waals surface area contributed by atoms with Gasteiger partial charge in [-0.05, 0) is 59.1 Å². The number of carbonyl (C=O) groups is 1. The first-order valence-corrected chi connectivity index (χ1v) is 7.39. The summed E-state index contributed by atoms with van der Waals surface area (Å²) in [5.74, 6) is 1.22. The molecule has 0 spiro atoms. The average molecular weight is 347 g/mol. The quantitative estimate of drug-likeness (QED) is 0.868. The second kappa shape index (κ2) is 5.16. The van der Waals surface area contributed by atoms with Crippen LogP contribution in [0.25, 0.3) is 0 Å². The van der Waals surface area contributed by atoms with E-state index in [0.29, 0.717) is 11.4 Å². The molecule has 4 nitrogen and oxygen atoms in total. The van der Waals surface area contributed by atoms with Gasteiger partial charge in [-0.2, -0.15) is 0 Å². The Labute approximate surface area is 131 Å². The second-order valence-electron chi connectivity index (χ2n) is 5.26. The van der Waals surface area contributed by atoms with Gasteiger partial charge in [0.2, 0.25) is 5.91 Å². The van der Waals surface area contributed by atoms with Crippen LogP contribution < -0.4 is 15.8 Å². The fourth-order valence-electron chi connectivity index (χ4n) is 2.48. The van der Waals surface area contributed by atoms with Gasteiger partial charge >= 0.3 is 0 Å². The molecule has 0 bridgehead atoms. The molecule has 0 radical (unpaired) electrons. The summed E-state index contributed by atoms with van der Waals surface area (Å²) in [6.07, 6.45) is 0. The lowest BCUT2D eigenvalue weighted by Crippen LogP contribution is -2.19. The maximum Gasteiger partial charge on any atom is 0.245 e. The van der Waals surface area contributed by atoms with E-state index in [1.54, 1.807) is 6.07 Å². The van der Waals surface area contributed by atoms with Crippen LogP contribution in [-0.2, 0) is 4.79 Å². The molecule has 1 atom stereocenters. The van der Waals surface area contributed by atoms with Crippen molar-refractivity contribution in [3.05, 3.63) is 51.5 Å². The third-order valence-electron chi connectivity index (χ3n) is 3.40. The van der Waals surface area contributed by atoms with Crippen molar-refractivity contribution in [1.82, 2.24) is 0 Å². The Morgan fingerprint density at radius 3 is 2.48 bits per heavy atom. The highest BCUT2D eigenvalue weighted by Crippen LogP contribution is 2.39. The second-order valence-corrected chi connectivity index (χ2v) is 6.12. The van der Waals surface area contributed by atoms with Gasteiger partial charge < -0.3 is 15.8 Å². The van der Waals surface area contributed by atoms with E-state index in [1.165, 1.54) is 0 Å². The number of rotatable bonds is 2. The topological polar surface area (TPSA) is 64.3 Å². The number of carbonyl (C=O) groups excluding carboxylic acids is 1. The highest BCUT2D eigenvalue weighted by molar-refractivity contribution is 9.10. The van der Waals surface area contributed by atoms with Crippen LogP contribution in [0.5, 0.6) is 11.5 Å². The molecule has 0 fully saturated rings. The van der Waals surface area contributed by atoms with Crippen molar-refractivity contribution in [2.24, 2.45) is 5.73 Å². The van der Waals surface area contributed by atoms with Gasteiger partial charge in [0.25, 0.3) is 0 Å². The van der Waals surface area contributed by atoms with E-state index in [4.69, 9.17) is 10.5 Å². The zero-order valence-electron chi connectivity index (χ0n) is 11.7. The summed E-state index contributed by atoms with van der Waals surface area (Å²) in [4.78, 5) is 11.6. The number of nitrogens with one attached hydrogen (secondary N) is 1. The summed E-state index contributed by atoms with van der Waals surface area (Å²) in [6.45, 7) is 4.05. The number of aryl methyl sites for hydroxylation is 2. The highest BCUT2D eigenvalue weighted by atomic mass is 79.9. The number of hydrogen-bond acceptors (Lipinski definition) is 3. The van der Waals surface area contributed by atoms with Crippen molar-refractivity contribution in [2.45, 2.75) is 19.9 Å². The number of hydrogen-bond donors (Lipinski definition) is 2. The van der Waals surface area contributed by atoms with Gasteiger partial charge in [0, 0.05) is 17.3 Å². The molecule has 1 unspecified atom stereocenters. The predicted octanol–water partition coefficient (Wildman–Crippen LogP) is 3.81. The number of nitrogens with two attached hydrogens (primary N) is 1. The minimum Gasteiger partial charge on any atom is -0.456 e. The fraction of sp³-hybridized carbons (Fsp3) is 0.188. The molecule has 1 heterocycles. The first-order valence-electron chi connectivity index (χ1n) is 6.60.